The van der Waals surface area contributed by atoms with Crippen LogP contribution in [0.1, 0.15) is 157 Å². The van der Waals surface area contributed by atoms with E-state index in [0.717, 1.165) is 82.7 Å². The van der Waals surface area contributed by atoms with E-state index in [1.807, 2.05) is 0 Å². The number of amides is 1. The zero-order valence-electron chi connectivity index (χ0n) is 30.8. The largest absolute Gasteiger partial charge is 0.481 e. The zero-order valence-corrected chi connectivity index (χ0v) is 30.8. The van der Waals surface area contributed by atoms with Crippen molar-refractivity contribution < 1.29 is 19.8 Å². The lowest BCUT2D eigenvalue weighted by molar-refractivity contribution is -0.246. The smallest absolute Gasteiger partial charge is 0.303 e. The molecule has 0 aromatic heterocycles. The summed E-state index contributed by atoms with van der Waals surface area (Å²) in [4.78, 5) is 25.1. The van der Waals surface area contributed by atoms with Gasteiger partial charge in [-0.15, -0.1) is 0 Å². The van der Waals surface area contributed by atoms with E-state index in [2.05, 4.69) is 46.5 Å². The Kier molecular flexibility index (Phi) is 11.0. The Labute approximate surface area is 286 Å². The summed E-state index contributed by atoms with van der Waals surface area (Å²) in [6.45, 7) is 18.3. The Bertz CT molecular complexity index is 1150. The zero-order chi connectivity index (χ0) is 34.3. The first kappa shape index (κ1) is 36.9. The van der Waals surface area contributed by atoms with Gasteiger partial charge in [0.05, 0.1) is 11.5 Å². The fourth-order valence-electron chi connectivity index (χ4n) is 13.4. The van der Waals surface area contributed by atoms with Gasteiger partial charge >= 0.3 is 5.97 Å². The SMILES string of the molecule is C=C(CN)[C@@H]1CC[C@]2(C(=O)NCCCCCCCCCCC(=O)O)CC[C@]3(C)[C@H](CCC4[C@@]5(C)CC[C@H](O)C(C)(C)[C@@H]5CC[C@]43C)[C@@H]12. The van der Waals surface area contributed by atoms with Gasteiger partial charge in [0, 0.05) is 19.5 Å². The van der Waals surface area contributed by atoms with Crippen molar-refractivity contribution in [1.82, 2.24) is 5.32 Å². The highest BCUT2D eigenvalue weighted by Gasteiger charge is 2.71. The van der Waals surface area contributed by atoms with Crippen LogP contribution in [0.4, 0.5) is 0 Å². The molecule has 1 amide bonds. The molecule has 268 valence electrons. The van der Waals surface area contributed by atoms with Crippen molar-refractivity contribution in [3.8, 4) is 0 Å². The molecule has 0 saturated heterocycles. The van der Waals surface area contributed by atoms with Crippen molar-refractivity contribution in [2.45, 2.75) is 163 Å². The van der Waals surface area contributed by atoms with Gasteiger partial charge in [0.2, 0.25) is 5.91 Å². The molecule has 6 heteroatoms. The second kappa shape index (κ2) is 14.1. The maximum Gasteiger partial charge on any atom is 0.303 e. The number of carboxylic acid groups (broad SMARTS) is 1. The van der Waals surface area contributed by atoms with Crippen LogP contribution >= 0.6 is 0 Å². The quantitative estimate of drug-likeness (QED) is 0.111. The maximum atomic E-state index is 14.4. The van der Waals surface area contributed by atoms with Crippen LogP contribution in [0, 0.1) is 56.7 Å². The summed E-state index contributed by atoms with van der Waals surface area (Å²) < 4.78 is 0. The molecular weight excluding hydrogens is 584 g/mol. The van der Waals surface area contributed by atoms with Crippen molar-refractivity contribution in [1.29, 1.82) is 0 Å². The number of unbranched alkanes of at least 4 members (excludes halogenated alkanes) is 7. The second-order valence-electron chi connectivity index (χ2n) is 18.5. The van der Waals surface area contributed by atoms with E-state index < -0.39 is 5.97 Å². The molecule has 1 unspecified atom stereocenters. The van der Waals surface area contributed by atoms with Gasteiger partial charge in [-0.1, -0.05) is 85.3 Å². The normalized spacial score (nSPS) is 42.0. The third kappa shape index (κ3) is 6.27. The number of carboxylic acids is 1. The summed E-state index contributed by atoms with van der Waals surface area (Å²) in [6.07, 6.45) is 19.7. The minimum atomic E-state index is -0.693. The number of nitrogens with two attached hydrogens (primary N) is 1. The van der Waals surface area contributed by atoms with E-state index in [1.165, 1.54) is 44.9 Å². The summed E-state index contributed by atoms with van der Waals surface area (Å²) in [7, 11) is 0. The number of fused-ring (bicyclic) bond motifs is 7. The van der Waals surface area contributed by atoms with Gasteiger partial charge in [-0.05, 0) is 128 Å². The fraction of sp³-hybridized carbons (Fsp3) is 0.902. The van der Waals surface area contributed by atoms with Crippen LogP contribution < -0.4 is 11.1 Å². The summed E-state index contributed by atoms with van der Waals surface area (Å²) >= 11 is 0. The van der Waals surface area contributed by atoms with Gasteiger partial charge in [0.1, 0.15) is 0 Å². The number of hydrogen-bond donors (Lipinski definition) is 4. The molecule has 0 bridgehead atoms. The average Bonchev–Trinajstić information content (AvgIpc) is 3.42. The van der Waals surface area contributed by atoms with Gasteiger partial charge in [-0.2, -0.15) is 0 Å². The molecule has 0 aliphatic heterocycles. The van der Waals surface area contributed by atoms with Gasteiger partial charge in [0.25, 0.3) is 0 Å². The first-order chi connectivity index (χ1) is 22.2. The first-order valence-electron chi connectivity index (χ1n) is 19.7. The Morgan fingerprint density at radius 3 is 2.09 bits per heavy atom. The molecular formula is C41H70N2O4. The molecule has 5 aliphatic carbocycles. The third-order valence-corrected chi connectivity index (χ3v) is 16.3. The fourth-order valence-corrected chi connectivity index (χ4v) is 13.4. The Morgan fingerprint density at radius 1 is 0.766 bits per heavy atom. The van der Waals surface area contributed by atoms with Crippen LogP contribution in [0.25, 0.3) is 0 Å². The van der Waals surface area contributed by atoms with Gasteiger partial charge in [0.15, 0.2) is 0 Å². The van der Waals surface area contributed by atoms with E-state index in [-0.39, 0.29) is 39.6 Å². The van der Waals surface area contributed by atoms with Gasteiger partial charge < -0.3 is 21.3 Å². The van der Waals surface area contributed by atoms with Crippen LogP contribution in [0.5, 0.6) is 0 Å². The average molecular weight is 655 g/mol. The van der Waals surface area contributed by atoms with Crippen LogP contribution in [0.2, 0.25) is 0 Å². The van der Waals surface area contributed by atoms with E-state index in [1.54, 1.807) is 0 Å². The third-order valence-electron chi connectivity index (χ3n) is 16.3. The van der Waals surface area contributed by atoms with E-state index in [9.17, 15) is 14.7 Å². The van der Waals surface area contributed by atoms with Crippen LogP contribution in [-0.2, 0) is 9.59 Å². The lowest BCUT2D eigenvalue weighted by atomic mass is 9.32. The number of nitrogens with one attached hydrogen (secondary N) is 1. The Morgan fingerprint density at radius 2 is 1.43 bits per heavy atom. The lowest BCUT2D eigenvalue weighted by Crippen LogP contribution is -2.67. The summed E-state index contributed by atoms with van der Waals surface area (Å²) in [5.74, 6) is 2.00. The Balaban J connectivity index is 1.26. The van der Waals surface area contributed by atoms with Crippen molar-refractivity contribution in [2.24, 2.45) is 62.4 Å². The molecule has 6 nitrogen and oxygen atoms in total. The second-order valence-corrected chi connectivity index (χ2v) is 18.5. The van der Waals surface area contributed by atoms with Crippen molar-refractivity contribution in [3.63, 3.8) is 0 Å². The molecule has 0 spiro atoms. The molecule has 0 radical (unpaired) electrons. The number of rotatable bonds is 14. The van der Waals surface area contributed by atoms with Gasteiger partial charge in [-0.3, -0.25) is 9.59 Å². The lowest BCUT2D eigenvalue weighted by Gasteiger charge is -2.72. The predicted molar refractivity (Wildman–Crippen MR) is 191 cm³/mol. The minimum absolute atomic E-state index is 0.0371. The number of carbonyl (C=O) groups is 2. The summed E-state index contributed by atoms with van der Waals surface area (Å²) in [5, 5.41) is 23.3. The highest BCUT2D eigenvalue weighted by Crippen LogP contribution is 2.77. The standard InChI is InChI=1S/C41H70N2O4/c1-28(27-42)29-18-23-41(36(47)43-26-14-12-10-8-7-9-11-13-15-34(45)46)25-24-39(5)30(35(29)41)16-17-32-38(4)21-20-33(44)37(2,3)31(38)19-22-40(32,39)6/h29-33,35,44H,1,7-27,42H2,2-6H3,(H,43,47)(H,45,46)/t29-,30+,31-,32?,33-,35+,38-,39+,40+,41-/m0/s1. The molecule has 5 saturated carbocycles. The number of aliphatic carboxylic acids is 1. The highest BCUT2D eigenvalue weighted by atomic mass is 16.4. The highest BCUT2D eigenvalue weighted by molar-refractivity contribution is 5.84. The molecule has 5 rings (SSSR count). The van der Waals surface area contributed by atoms with Crippen molar-refractivity contribution >= 4 is 11.9 Å². The summed E-state index contributed by atoms with van der Waals surface area (Å²) in [5.41, 5.74) is 7.78. The molecule has 0 aromatic rings. The maximum absolute atomic E-state index is 14.4. The van der Waals surface area contributed by atoms with Crippen LogP contribution in [0.15, 0.2) is 12.2 Å². The van der Waals surface area contributed by atoms with E-state index in [4.69, 9.17) is 10.8 Å². The molecule has 10 atom stereocenters. The van der Waals surface area contributed by atoms with Crippen molar-refractivity contribution in [2.75, 3.05) is 13.1 Å². The molecule has 47 heavy (non-hydrogen) atoms. The minimum Gasteiger partial charge on any atom is -0.481 e. The molecule has 0 aromatic carbocycles. The monoisotopic (exact) mass is 655 g/mol. The number of carbonyl (C=O) groups excluding carboxylic acids is 1. The topological polar surface area (TPSA) is 113 Å². The van der Waals surface area contributed by atoms with Crippen molar-refractivity contribution in [3.05, 3.63) is 12.2 Å². The van der Waals surface area contributed by atoms with Crippen LogP contribution in [0.3, 0.4) is 0 Å². The molecule has 5 fully saturated rings. The number of hydrogen-bond acceptors (Lipinski definition) is 4. The van der Waals surface area contributed by atoms with E-state index in [0.29, 0.717) is 42.0 Å². The Hall–Kier alpha value is -1.40. The molecule has 5 N–H and O–H groups in total. The van der Waals surface area contributed by atoms with Gasteiger partial charge in [-0.25, -0.2) is 0 Å². The summed E-state index contributed by atoms with van der Waals surface area (Å²) in [6, 6.07) is 0. The predicted octanol–water partition coefficient (Wildman–Crippen LogP) is 8.66. The van der Waals surface area contributed by atoms with Crippen LogP contribution in [-0.4, -0.2) is 41.3 Å². The first-order valence-corrected chi connectivity index (χ1v) is 19.7. The molecule has 0 heterocycles. The van der Waals surface area contributed by atoms with E-state index >= 15 is 0 Å². The number of aliphatic hydroxyl groups is 1. The number of aliphatic hydroxyl groups excluding tert-OH is 1. The molecule has 5 aliphatic rings.